The molecule has 3 fully saturated rings. The summed E-state index contributed by atoms with van der Waals surface area (Å²) in [6.45, 7) is 8.76. The lowest BCUT2D eigenvalue weighted by Crippen LogP contribution is -2.51. The van der Waals surface area contributed by atoms with Gasteiger partial charge < -0.3 is 14.7 Å². The van der Waals surface area contributed by atoms with Crippen LogP contribution < -0.4 is 0 Å². The van der Waals surface area contributed by atoms with E-state index in [-0.39, 0.29) is 17.4 Å². The second-order valence-electron chi connectivity index (χ2n) is 7.94. The molecule has 136 valence electrons. The molecule has 2 amide bonds. The molecule has 24 heavy (non-hydrogen) atoms. The monoisotopic (exact) mass is 335 g/mol. The molecule has 3 heterocycles. The first-order valence-electron chi connectivity index (χ1n) is 9.88. The van der Waals surface area contributed by atoms with Gasteiger partial charge in [0.15, 0.2) is 0 Å². The third-order valence-corrected chi connectivity index (χ3v) is 6.60. The second kappa shape index (κ2) is 7.42. The van der Waals surface area contributed by atoms with Crippen LogP contribution in [0.25, 0.3) is 0 Å². The van der Waals surface area contributed by atoms with E-state index < -0.39 is 0 Å². The summed E-state index contributed by atoms with van der Waals surface area (Å²) in [5.41, 5.74) is -0.0608. The average molecular weight is 335 g/mol. The lowest BCUT2D eigenvalue weighted by atomic mass is 9.87. The first kappa shape index (κ1) is 17.7. The summed E-state index contributed by atoms with van der Waals surface area (Å²) >= 11 is 0. The highest BCUT2D eigenvalue weighted by Crippen LogP contribution is 2.39. The predicted molar refractivity (Wildman–Crippen MR) is 94.7 cm³/mol. The molecule has 0 saturated carbocycles. The molecule has 5 nitrogen and oxygen atoms in total. The van der Waals surface area contributed by atoms with Crippen molar-refractivity contribution in [1.82, 2.24) is 14.7 Å². The van der Waals surface area contributed by atoms with Gasteiger partial charge in [-0.25, -0.2) is 0 Å². The molecular formula is C19H33N3O2. The van der Waals surface area contributed by atoms with Crippen LogP contribution in [-0.2, 0) is 9.59 Å². The first-order valence-corrected chi connectivity index (χ1v) is 9.88. The number of likely N-dealkylation sites (tertiary alicyclic amines) is 3. The predicted octanol–water partition coefficient (Wildman–Crippen LogP) is 2.25. The van der Waals surface area contributed by atoms with Crippen molar-refractivity contribution < 1.29 is 9.59 Å². The van der Waals surface area contributed by atoms with Gasteiger partial charge in [-0.05, 0) is 58.4 Å². The molecule has 0 unspecified atom stereocenters. The van der Waals surface area contributed by atoms with E-state index in [0.717, 1.165) is 64.7 Å². The lowest BCUT2D eigenvalue weighted by molar-refractivity contribution is -0.141. The van der Waals surface area contributed by atoms with Crippen LogP contribution in [0.3, 0.4) is 0 Å². The molecule has 3 rings (SSSR count). The minimum atomic E-state index is -0.0608. The van der Waals surface area contributed by atoms with Gasteiger partial charge >= 0.3 is 0 Å². The maximum atomic E-state index is 12.6. The third-order valence-electron chi connectivity index (χ3n) is 6.60. The number of nitrogens with zero attached hydrogens (tertiary/aromatic N) is 3. The van der Waals surface area contributed by atoms with Crippen molar-refractivity contribution in [2.75, 3.05) is 32.7 Å². The van der Waals surface area contributed by atoms with Gasteiger partial charge in [0.1, 0.15) is 6.54 Å². The number of carbonyl (C=O) groups is 2. The Hall–Kier alpha value is -1.10. The van der Waals surface area contributed by atoms with Crippen LogP contribution in [-0.4, -0.2) is 70.8 Å². The van der Waals surface area contributed by atoms with Gasteiger partial charge in [-0.2, -0.15) is 0 Å². The molecule has 5 heteroatoms. The van der Waals surface area contributed by atoms with Gasteiger partial charge in [0.05, 0.1) is 0 Å². The summed E-state index contributed by atoms with van der Waals surface area (Å²) in [4.78, 5) is 31.6. The zero-order valence-electron chi connectivity index (χ0n) is 15.4. The smallest absolute Gasteiger partial charge is 0.242 e. The lowest BCUT2D eigenvalue weighted by Gasteiger charge is -2.38. The molecule has 0 N–H and O–H groups in total. The van der Waals surface area contributed by atoms with Crippen LogP contribution in [0.15, 0.2) is 0 Å². The largest absolute Gasteiger partial charge is 0.341 e. The highest BCUT2D eigenvalue weighted by molar-refractivity contribution is 5.87. The standard InChI is InChI=1S/C19H33N3O2/c1-3-16(2)20-13-6-8-19(10-14-20)9-7-17(23)22(19)15-18(24)21-11-4-5-12-21/h16H,3-15H2,1-2H3/t16-,19+/m0/s1. The molecule has 0 radical (unpaired) electrons. The third kappa shape index (κ3) is 3.46. The number of amides is 2. The first-order chi connectivity index (χ1) is 11.6. The van der Waals surface area contributed by atoms with E-state index in [2.05, 4.69) is 18.7 Å². The minimum absolute atomic E-state index is 0.0608. The highest BCUT2D eigenvalue weighted by atomic mass is 16.2. The van der Waals surface area contributed by atoms with Crippen molar-refractivity contribution >= 4 is 11.8 Å². The summed E-state index contributed by atoms with van der Waals surface area (Å²) < 4.78 is 0. The van der Waals surface area contributed by atoms with Gasteiger partial charge in [0.25, 0.3) is 0 Å². The Morgan fingerprint density at radius 2 is 1.83 bits per heavy atom. The highest BCUT2D eigenvalue weighted by Gasteiger charge is 2.46. The van der Waals surface area contributed by atoms with Crippen molar-refractivity contribution in [3.63, 3.8) is 0 Å². The topological polar surface area (TPSA) is 43.9 Å². The summed E-state index contributed by atoms with van der Waals surface area (Å²) in [6, 6.07) is 0.608. The van der Waals surface area contributed by atoms with E-state index in [1.807, 2.05) is 9.80 Å². The molecule has 0 aromatic rings. The summed E-state index contributed by atoms with van der Waals surface area (Å²) in [5, 5.41) is 0. The summed E-state index contributed by atoms with van der Waals surface area (Å²) in [6.07, 6.45) is 8.15. The Balaban J connectivity index is 1.68. The Bertz CT molecular complexity index is 475. The van der Waals surface area contributed by atoms with Crippen LogP contribution in [0.5, 0.6) is 0 Å². The van der Waals surface area contributed by atoms with E-state index in [9.17, 15) is 9.59 Å². The van der Waals surface area contributed by atoms with Crippen LogP contribution in [0.2, 0.25) is 0 Å². The molecule has 3 aliphatic heterocycles. The van der Waals surface area contributed by atoms with E-state index in [4.69, 9.17) is 0 Å². The van der Waals surface area contributed by atoms with Crippen molar-refractivity contribution in [3.05, 3.63) is 0 Å². The zero-order valence-corrected chi connectivity index (χ0v) is 15.4. The summed E-state index contributed by atoms with van der Waals surface area (Å²) in [5.74, 6) is 0.352. The Labute approximate surface area is 146 Å². The van der Waals surface area contributed by atoms with Gasteiger partial charge in [-0.1, -0.05) is 6.92 Å². The Morgan fingerprint density at radius 1 is 1.08 bits per heavy atom. The molecule has 0 bridgehead atoms. The van der Waals surface area contributed by atoms with Crippen molar-refractivity contribution in [1.29, 1.82) is 0 Å². The van der Waals surface area contributed by atoms with Crippen molar-refractivity contribution in [2.24, 2.45) is 0 Å². The van der Waals surface area contributed by atoms with E-state index in [0.29, 0.717) is 19.0 Å². The molecule has 3 saturated heterocycles. The fraction of sp³-hybridized carbons (Fsp3) is 0.895. The quantitative estimate of drug-likeness (QED) is 0.791. The fourth-order valence-electron chi connectivity index (χ4n) is 4.75. The number of hydrogen-bond donors (Lipinski definition) is 0. The van der Waals surface area contributed by atoms with Crippen LogP contribution in [0.1, 0.15) is 65.2 Å². The summed E-state index contributed by atoms with van der Waals surface area (Å²) in [7, 11) is 0. The minimum Gasteiger partial charge on any atom is -0.341 e. The second-order valence-corrected chi connectivity index (χ2v) is 7.94. The maximum Gasteiger partial charge on any atom is 0.242 e. The van der Waals surface area contributed by atoms with Gasteiger partial charge in [0, 0.05) is 37.6 Å². The molecule has 0 aromatic carbocycles. The Morgan fingerprint density at radius 3 is 2.54 bits per heavy atom. The SMILES string of the molecule is CC[C@H](C)N1CCC[C@@]2(CCC(=O)N2CC(=O)N2CCCC2)CC1. The molecule has 0 aromatic heterocycles. The fourth-order valence-corrected chi connectivity index (χ4v) is 4.75. The molecular weight excluding hydrogens is 302 g/mol. The number of carbonyl (C=O) groups excluding carboxylic acids is 2. The average Bonchev–Trinajstić information content (AvgIpc) is 3.15. The van der Waals surface area contributed by atoms with Crippen LogP contribution in [0, 0.1) is 0 Å². The zero-order chi connectivity index (χ0) is 17.2. The molecule has 3 aliphatic rings. The van der Waals surface area contributed by atoms with Crippen LogP contribution in [0.4, 0.5) is 0 Å². The van der Waals surface area contributed by atoms with E-state index in [1.165, 1.54) is 6.42 Å². The van der Waals surface area contributed by atoms with E-state index >= 15 is 0 Å². The van der Waals surface area contributed by atoms with Crippen molar-refractivity contribution in [2.45, 2.75) is 76.8 Å². The maximum absolute atomic E-state index is 12.6. The molecule has 0 aliphatic carbocycles. The number of rotatable bonds is 4. The normalized spacial score (nSPS) is 30.2. The molecule has 2 atom stereocenters. The van der Waals surface area contributed by atoms with Crippen molar-refractivity contribution in [3.8, 4) is 0 Å². The van der Waals surface area contributed by atoms with Gasteiger partial charge in [-0.15, -0.1) is 0 Å². The van der Waals surface area contributed by atoms with Gasteiger partial charge in [0.2, 0.25) is 11.8 Å². The molecule has 1 spiro atoms. The van der Waals surface area contributed by atoms with E-state index in [1.54, 1.807) is 0 Å². The Kier molecular flexibility index (Phi) is 5.48. The van der Waals surface area contributed by atoms with Gasteiger partial charge in [-0.3, -0.25) is 9.59 Å². The number of hydrogen-bond acceptors (Lipinski definition) is 3. The van der Waals surface area contributed by atoms with Crippen LogP contribution >= 0.6 is 0 Å².